The molecular formula is C18H28N4O6. The van der Waals surface area contributed by atoms with E-state index in [0.717, 1.165) is 24.2 Å². The van der Waals surface area contributed by atoms with Gasteiger partial charge in [-0.1, -0.05) is 20.3 Å². The van der Waals surface area contributed by atoms with E-state index in [1.165, 1.54) is 11.7 Å². The lowest BCUT2D eigenvalue weighted by Crippen LogP contribution is -2.44. The number of nitrogens with two attached hydrogens (primary N) is 1. The van der Waals surface area contributed by atoms with Crippen molar-refractivity contribution < 1.29 is 19.1 Å². The summed E-state index contributed by atoms with van der Waals surface area (Å²) in [6, 6.07) is 0. The highest BCUT2D eigenvalue weighted by atomic mass is 16.5. The Balaban J connectivity index is 2.30. The summed E-state index contributed by atoms with van der Waals surface area (Å²) in [5.41, 5.74) is 4.50. The summed E-state index contributed by atoms with van der Waals surface area (Å²) in [6.07, 6.45) is 2.48. The quantitative estimate of drug-likeness (QED) is 0.565. The van der Waals surface area contributed by atoms with Crippen molar-refractivity contribution in [3.8, 4) is 0 Å². The summed E-state index contributed by atoms with van der Waals surface area (Å²) in [7, 11) is 1.45. The molecule has 10 nitrogen and oxygen atoms in total. The molecular weight excluding hydrogens is 368 g/mol. The van der Waals surface area contributed by atoms with Gasteiger partial charge < -0.3 is 15.2 Å². The Bertz CT molecular complexity index is 824. The Morgan fingerprint density at radius 3 is 2.54 bits per heavy atom. The molecule has 0 aromatic carbocycles. The normalized spacial score (nSPS) is 14.0. The number of rotatable bonds is 9. The second kappa shape index (κ2) is 9.54. The number of carbonyl (C=O) groups excluding carboxylic acids is 2. The number of carbonyl (C=O) groups is 2. The molecule has 1 aromatic heterocycles. The van der Waals surface area contributed by atoms with Crippen LogP contribution in [0.2, 0.25) is 0 Å². The molecule has 1 fully saturated rings. The standard InChI is InChI=1S/C18H28N4O6/c1-11(2)9-22-15(19)14(16(24)20-18(22)26)21(7-8-27-3)13(23)10-28-17(25)12-5-4-6-12/h11-12H,4-10,19H2,1-3H3,(H,20,24,26). The van der Waals surface area contributed by atoms with Crippen LogP contribution in [0, 0.1) is 11.8 Å². The fourth-order valence-corrected chi connectivity index (χ4v) is 2.90. The number of nitrogens with zero attached hydrogens (tertiary/aromatic N) is 2. The minimum Gasteiger partial charge on any atom is -0.455 e. The second-order valence-electron chi connectivity index (χ2n) is 7.27. The highest BCUT2D eigenvalue weighted by Crippen LogP contribution is 2.27. The van der Waals surface area contributed by atoms with Gasteiger partial charge in [-0.25, -0.2) is 4.79 Å². The molecule has 0 aliphatic heterocycles. The van der Waals surface area contributed by atoms with Crippen molar-refractivity contribution in [2.45, 2.75) is 39.7 Å². The molecule has 0 unspecified atom stereocenters. The number of hydrogen-bond donors (Lipinski definition) is 2. The van der Waals surface area contributed by atoms with Crippen LogP contribution in [0.3, 0.4) is 0 Å². The van der Waals surface area contributed by atoms with Gasteiger partial charge in [-0.2, -0.15) is 0 Å². The maximum Gasteiger partial charge on any atom is 0.330 e. The number of amides is 1. The molecule has 1 aliphatic rings. The van der Waals surface area contributed by atoms with Gasteiger partial charge >= 0.3 is 11.7 Å². The van der Waals surface area contributed by atoms with E-state index in [2.05, 4.69) is 4.98 Å². The van der Waals surface area contributed by atoms with E-state index in [-0.39, 0.29) is 43.0 Å². The average molecular weight is 396 g/mol. The number of nitrogen functional groups attached to an aromatic ring is 1. The number of aromatic nitrogens is 2. The molecule has 28 heavy (non-hydrogen) atoms. The van der Waals surface area contributed by atoms with Crippen LogP contribution >= 0.6 is 0 Å². The smallest absolute Gasteiger partial charge is 0.330 e. The van der Waals surface area contributed by atoms with E-state index in [4.69, 9.17) is 15.2 Å². The monoisotopic (exact) mass is 396 g/mol. The van der Waals surface area contributed by atoms with Crippen molar-refractivity contribution >= 4 is 23.4 Å². The molecule has 0 atom stereocenters. The third kappa shape index (κ3) is 5.00. The molecule has 1 amide bonds. The average Bonchev–Trinajstić information content (AvgIpc) is 2.57. The first-order valence-corrected chi connectivity index (χ1v) is 9.34. The summed E-state index contributed by atoms with van der Waals surface area (Å²) in [4.78, 5) is 52.4. The lowest BCUT2D eigenvalue weighted by Gasteiger charge is -2.26. The van der Waals surface area contributed by atoms with Gasteiger partial charge in [-0.05, 0) is 18.8 Å². The number of methoxy groups -OCH3 is 1. The van der Waals surface area contributed by atoms with Gasteiger partial charge in [-0.15, -0.1) is 0 Å². The van der Waals surface area contributed by atoms with Gasteiger partial charge in [0.1, 0.15) is 5.82 Å². The molecule has 1 heterocycles. The zero-order valence-electron chi connectivity index (χ0n) is 16.5. The summed E-state index contributed by atoms with van der Waals surface area (Å²) in [5, 5.41) is 0. The molecule has 1 saturated carbocycles. The number of anilines is 2. The Morgan fingerprint density at radius 1 is 1.32 bits per heavy atom. The maximum atomic E-state index is 12.7. The minimum atomic E-state index is -0.780. The second-order valence-corrected chi connectivity index (χ2v) is 7.27. The van der Waals surface area contributed by atoms with E-state index in [9.17, 15) is 19.2 Å². The van der Waals surface area contributed by atoms with Gasteiger partial charge in [0.2, 0.25) is 0 Å². The van der Waals surface area contributed by atoms with Gasteiger partial charge in [0.05, 0.1) is 12.5 Å². The van der Waals surface area contributed by atoms with E-state index in [1.807, 2.05) is 13.8 Å². The predicted molar refractivity (Wildman–Crippen MR) is 103 cm³/mol. The van der Waals surface area contributed by atoms with Crippen molar-refractivity contribution in [2.24, 2.45) is 11.8 Å². The summed E-state index contributed by atoms with van der Waals surface area (Å²) < 4.78 is 11.3. The molecule has 3 N–H and O–H groups in total. The predicted octanol–water partition coefficient (Wildman–Crippen LogP) is 0.0975. The fraction of sp³-hybridized carbons (Fsp3) is 0.667. The maximum absolute atomic E-state index is 12.7. The van der Waals surface area contributed by atoms with Gasteiger partial charge in [0.15, 0.2) is 12.3 Å². The number of esters is 1. The first-order valence-electron chi connectivity index (χ1n) is 9.34. The van der Waals surface area contributed by atoms with E-state index < -0.39 is 29.7 Å². The molecule has 2 rings (SSSR count). The minimum absolute atomic E-state index is 0.0173. The van der Waals surface area contributed by atoms with Crippen LogP contribution in [0.4, 0.5) is 11.5 Å². The third-order valence-electron chi connectivity index (χ3n) is 4.63. The summed E-state index contributed by atoms with van der Waals surface area (Å²) in [6.45, 7) is 3.70. The molecule has 0 bridgehead atoms. The highest BCUT2D eigenvalue weighted by molar-refractivity contribution is 5.97. The van der Waals surface area contributed by atoms with Crippen molar-refractivity contribution in [3.63, 3.8) is 0 Å². The molecule has 10 heteroatoms. The zero-order valence-corrected chi connectivity index (χ0v) is 16.5. The van der Waals surface area contributed by atoms with E-state index in [0.29, 0.717) is 0 Å². The SMILES string of the molecule is COCCN(C(=O)COC(=O)C1CCC1)c1c(N)n(CC(C)C)c(=O)[nH]c1=O. The lowest BCUT2D eigenvalue weighted by molar-refractivity contribution is -0.154. The third-order valence-corrected chi connectivity index (χ3v) is 4.63. The number of ether oxygens (including phenoxy) is 2. The van der Waals surface area contributed by atoms with E-state index in [1.54, 1.807) is 0 Å². The molecule has 0 saturated heterocycles. The van der Waals surface area contributed by atoms with Crippen LogP contribution in [-0.2, 0) is 25.6 Å². The Hall–Kier alpha value is -2.62. The van der Waals surface area contributed by atoms with Crippen LogP contribution in [0.5, 0.6) is 0 Å². The Labute approximate surface area is 162 Å². The fourth-order valence-electron chi connectivity index (χ4n) is 2.90. The van der Waals surface area contributed by atoms with Crippen LogP contribution in [-0.4, -0.2) is 48.3 Å². The van der Waals surface area contributed by atoms with Crippen molar-refractivity contribution in [1.82, 2.24) is 9.55 Å². The first kappa shape index (κ1) is 21.7. The Morgan fingerprint density at radius 2 is 2.00 bits per heavy atom. The molecule has 0 spiro atoms. The van der Waals surface area contributed by atoms with Crippen LogP contribution < -0.4 is 21.9 Å². The molecule has 1 aromatic rings. The number of nitrogens with one attached hydrogen (secondary N) is 1. The van der Waals surface area contributed by atoms with Crippen molar-refractivity contribution in [3.05, 3.63) is 20.8 Å². The van der Waals surface area contributed by atoms with Crippen LogP contribution in [0.1, 0.15) is 33.1 Å². The molecule has 156 valence electrons. The van der Waals surface area contributed by atoms with Crippen LogP contribution in [0.25, 0.3) is 0 Å². The Kier molecular flexibility index (Phi) is 7.38. The van der Waals surface area contributed by atoms with E-state index >= 15 is 0 Å². The molecule has 1 aliphatic carbocycles. The van der Waals surface area contributed by atoms with Crippen molar-refractivity contribution in [2.75, 3.05) is 37.5 Å². The van der Waals surface area contributed by atoms with Gasteiger partial charge in [0, 0.05) is 20.2 Å². The van der Waals surface area contributed by atoms with Crippen LogP contribution in [0.15, 0.2) is 9.59 Å². The number of H-pyrrole nitrogens is 1. The topological polar surface area (TPSA) is 137 Å². The number of aromatic amines is 1. The largest absolute Gasteiger partial charge is 0.455 e. The van der Waals surface area contributed by atoms with Gasteiger partial charge in [0.25, 0.3) is 11.5 Å². The highest BCUT2D eigenvalue weighted by Gasteiger charge is 2.29. The van der Waals surface area contributed by atoms with Gasteiger partial charge in [-0.3, -0.25) is 28.8 Å². The van der Waals surface area contributed by atoms with Crippen molar-refractivity contribution in [1.29, 1.82) is 0 Å². The first-order chi connectivity index (χ1) is 13.3. The molecule has 0 radical (unpaired) electrons. The summed E-state index contributed by atoms with van der Waals surface area (Å²) in [5.74, 6) is -1.22. The summed E-state index contributed by atoms with van der Waals surface area (Å²) >= 11 is 0. The number of hydrogen-bond acceptors (Lipinski definition) is 7. The zero-order chi connectivity index (χ0) is 20.8. The lowest BCUT2D eigenvalue weighted by atomic mass is 9.86.